The van der Waals surface area contributed by atoms with E-state index in [-0.39, 0.29) is 29.2 Å². The van der Waals surface area contributed by atoms with Crippen LogP contribution in [-0.2, 0) is 14.6 Å². The standard InChI is InChI=1S/C33H36N4O4S/c34-21-33(15-16-33)36-31(38)25-9-3-2-8-24(25)30-29(35-32(41-30)26-10-4-1-7-23(26)22-13-14-22)27-11-5-6-12-28(27)37-17-19-42(39,40)20-18-37/h1,4-7,10-12,22,24-25H,2-3,8-9,13-20H2,(H,36,38)/t24-,25-/m1/s1. The van der Waals surface area contributed by atoms with Crippen LogP contribution in [0.2, 0.25) is 0 Å². The summed E-state index contributed by atoms with van der Waals surface area (Å²) in [7, 11) is -3.04. The second-order valence-electron chi connectivity index (χ2n) is 12.4. The summed E-state index contributed by atoms with van der Waals surface area (Å²) in [5.41, 5.74) is 4.07. The van der Waals surface area contributed by atoms with Gasteiger partial charge >= 0.3 is 0 Å². The van der Waals surface area contributed by atoms with Crippen molar-refractivity contribution in [2.24, 2.45) is 5.92 Å². The average Bonchev–Trinajstić information content (AvgIpc) is 3.95. The number of hydrogen-bond donors (Lipinski definition) is 1. The second kappa shape index (κ2) is 10.6. The lowest BCUT2D eigenvalue weighted by Gasteiger charge is -2.32. The molecule has 2 aromatic carbocycles. The molecule has 4 fully saturated rings. The fourth-order valence-electron chi connectivity index (χ4n) is 6.71. The van der Waals surface area contributed by atoms with Crippen molar-refractivity contribution in [3.05, 3.63) is 59.9 Å². The van der Waals surface area contributed by atoms with Crippen molar-refractivity contribution >= 4 is 21.4 Å². The number of para-hydroxylation sites is 1. The zero-order chi connectivity index (χ0) is 28.9. The van der Waals surface area contributed by atoms with Crippen molar-refractivity contribution in [2.75, 3.05) is 29.5 Å². The Morgan fingerprint density at radius 2 is 1.67 bits per heavy atom. The van der Waals surface area contributed by atoms with Gasteiger partial charge in [-0.3, -0.25) is 4.79 Å². The molecule has 4 aliphatic rings. The van der Waals surface area contributed by atoms with E-state index in [9.17, 15) is 18.5 Å². The maximum atomic E-state index is 13.7. The van der Waals surface area contributed by atoms with E-state index in [0.717, 1.165) is 61.0 Å². The Balaban J connectivity index is 1.33. The molecule has 1 saturated heterocycles. The molecule has 42 heavy (non-hydrogen) atoms. The van der Waals surface area contributed by atoms with Crippen LogP contribution >= 0.6 is 0 Å². The molecule has 1 aromatic heterocycles. The minimum atomic E-state index is -3.04. The molecule has 7 rings (SSSR count). The van der Waals surface area contributed by atoms with Gasteiger partial charge in [-0.1, -0.05) is 49.2 Å². The summed E-state index contributed by atoms with van der Waals surface area (Å²) < 4.78 is 31.2. The molecule has 0 bridgehead atoms. The van der Waals surface area contributed by atoms with E-state index in [1.54, 1.807) is 0 Å². The van der Waals surface area contributed by atoms with E-state index in [0.29, 0.717) is 43.5 Å². The van der Waals surface area contributed by atoms with E-state index < -0.39 is 15.4 Å². The summed E-state index contributed by atoms with van der Waals surface area (Å²) in [6, 6.07) is 18.6. The first-order chi connectivity index (χ1) is 20.4. The van der Waals surface area contributed by atoms with Crippen molar-refractivity contribution in [1.82, 2.24) is 10.3 Å². The second-order valence-corrected chi connectivity index (χ2v) is 14.7. The van der Waals surface area contributed by atoms with Gasteiger partial charge in [0.1, 0.15) is 17.0 Å². The van der Waals surface area contributed by atoms with Gasteiger partial charge in [0.2, 0.25) is 11.8 Å². The number of benzene rings is 2. The highest BCUT2D eigenvalue weighted by Crippen LogP contribution is 2.48. The number of oxazole rings is 1. The third-order valence-corrected chi connectivity index (χ3v) is 11.1. The normalized spacial score (nSPS) is 24.5. The molecular formula is C33H36N4O4S. The summed E-state index contributed by atoms with van der Waals surface area (Å²) in [5, 5.41) is 12.7. The van der Waals surface area contributed by atoms with Crippen LogP contribution in [-0.4, -0.2) is 49.4 Å². The van der Waals surface area contributed by atoms with Crippen LogP contribution in [0.3, 0.4) is 0 Å². The number of hydrogen-bond acceptors (Lipinski definition) is 7. The van der Waals surface area contributed by atoms with Crippen molar-refractivity contribution in [2.45, 2.75) is 68.7 Å². The van der Waals surface area contributed by atoms with Gasteiger partial charge in [0.15, 0.2) is 9.84 Å². The summed E-state index contributed by atoms with van der Waals surface area (Å²) in [6.07, 6.45) is 7.17. The first-order valence-electron chi connectivity index (χ1n) is 15.2. The zero-order valence-corrected chi connectivity index (χ0v) is 24.5. The lowest BCUT2D eigenvalue weighted by Crippen LogP contribution is -2.42. The van der Waals surface area contributed by atoms with Gasteiger partial charge in [-0.05, 0) is 62.1 Å². The molecule has 2 atom stereocenters. The monoisotopic (exact) mass is 584 g/mol. The molecule has 2 heterocycles. The quantitative estimate of drug-likeness (QED) is 0.386. The largest absolute Gasteiger partial charge is 0.440 e. The lowest BCUT2D eigenvalue weighted by atomic mass is 9.76. The number of nitrogens with one attached hydrogen (secondary N) is 1. The van der Waals surface area contributed by atoms with Crippen LogP contribution in [0.5, 0.6) is 0 Å². The number of sulfone groups is 1. The van der Waals surface area contributed by atoms with Gasteiger partial charge in [-0.25, -0.2) is 13.4 Å². The Kier molecular flexibility index (Phi) is 6.85. The van der Waals surface area contributed by atoms with Crippen molar-refractivity contribution in [1.29, 1.82) is 5.26 Å². The van der Waals surface area contributed by atoms with E-state index in [1.807, 2.05) is 30.3 Å². The highest BCUT2D eigenvalue weighted by Gasteiger charge is 2.47. The number of aromatic nitrogens is 1. The summed E-state index contributed by atoms with van der Waals surface area (Å²) in [5.74, 6) is 1.49. The highest BCUT2D eigenvalue weighted by molar-refractivity contribution is 7.91. The maximum absolute atomic E-state index is 13.7. The van der Waals surface area contributed by atoms with Crippen LogP contribution in [0.15, 0.2) is 52.9 Å². The van der Waals surface area contributed by atoms with Gasteiger partial charge in [0.25, 0.3) is 0 Å². The van der Waals surface area contributed by atoms with E-state index in [2.05, 4.69) is 34.5 Å². The molecule has 3 aliphatic carbocycles. The molecule has 9 heteroatoms. The summed E-state index contributed by atoms with van der Waals surface area (Å²) >= 11 is 0. The van der Waals surface area contributed by atoms with Crippen molar-refractivity contribution < 1.29 is 17.6 Å². The molecule has 1 N–H and O–H groups in total. The predicted molar refractivity (Wildman–Crippen MR) is 161 cm³/mol. The van der Waals surface area contributed by atoms with Crippen molar-refractivity contribution in [3.63, 3.8) is 0 Å². The predicted octanol–water partition coefficient (Wildman–Crippen LogP) is 5.57. The topological polar surface area (TPSA) is 116 Å². The Morgan fingerprint density at radius 3 is 2.38 bits per heavy atom. The van der Waals surface area contributed by atoms with Gasteiger partial charge < -0.3 is 14.6 Å². The zero-order valence-electron chi connectivity index (χ0n) is 23.7. The van der Waals surface area contributed by atoms with Crippen LogP contribution in [0, 0.1) is 17.2 Å². The highest BCUT2D eigenvalue weighted by atomic mass is 32.2. The summed E-state index contributed by atoms with van der Waals surface area (Å²) in [6.45, 7) is 0.850. The molecule has 3 aromatic rings. The maximum Gasteiger partial charge on any atom is 0.227 e. The number of carbonyl (C=O) groups is 1. The fraction of sp³-hybridized carbons (Fsp3) is 0.485. The molecule has 1 aliphatic heterocycles. The average molecular weight is 585 g/mol. The Labute approximate surface area is 247 Å². The molecule has 218 valence electrons. The Bertz CT molecular complexity index is 1650. The number of nitriles is 1. The van der Waals surface area contributed by atoms with Gasteiger partial charge in [0, 0.05) is 41.7 Å². The van der Waals surface area contributed by atoms with E-state index >= 15 is 0 Å². The smallest absolute Gasteiger partial charge is 0.227 e. The fourth-order valence-corrected chi connectivity index (χ4v) is 7.91. The Morgan fingerprint density at radius 1 is 0.976 bits per heavy atom. The van der Waals surface area contributed by atoms with Crippen LogP contribution < -0.4 is 10.2 Å². The number of rotatable bonds is 7. The van der Waals surface area contributed by atoms with Crippen LogP contribution in [0.1, 0.15) is 74.5 Å². The number of anilines is 1. The third-order valence-electron chi connectivity index (χ3n) is 9.47. The number of amides is 1. The minimum Gasteiger partial charge on any atom is -0.440 e. The van der Waals surface area contributed by atoms with E-state index in [4.69, 9.17) is 9.40 Å². The molecule has 1 amide bonds. The molecule has 0 spiro atoms. The SMILES string of the molecule is N#CC1(NC(=O)[C@@H]2CCCC[C@H]2c2oc(-c3ccccc3C3CC3)nc2-c2ccccc2N2CCS(=O)(=O)CC2)CC1. The molecule has 0 unspecified atom stereocenters. The third kappa shape index (κ3) is 5.22. The summed E-state index contributed by atoms with van der Waals surface area (Å²) in [4.78, 5) is 21.0. The molecule has 8 nitrogen and oxygen atoms in total. The molecular weight excluding hydrogens is 548 g/mol. The minimum absolute atomic E-state index is 0.0736. The Hall–Kier alpha value is -3.64. The van der Waals surface area contributed by atoms with Gasteiger partial charge in [-0.2, -0.15) is 5.26 Å². The van der Waals surface area contributed by atoms with Crippen LogP contribution in [0.25, 0.3) is 22.7 Å². The first-order valence-corrected chi connectivity index (χ1v) is 17.1. The number of carbonyl (C=O) groups excluding carboxylic acids is 1. The first kappa shape index (κ1) is 27.2. The van der Waals surface area contributed by atoms with Gasteiger partial charge in [-0.15, -0.1) is 0 Å². The van der Waals surface area contributed by atoms with Gasteiger partial charge in [0.05, 0.1) is 17.6 Å². The van der Waals surface area contributed by atoms with Crippen molar-refractivity contribution in [3.8, 4) is 28.8 Å². The number of nitrogens with zero attached hydrogens (tertiary/aromatic N) is 3. The molecule has 0 radical (unpaired) electrons. The molecule has 3 saturated carbocycles. The van der Waals surface area contributed by atoms with Crippen LogP contribution in [0.4, 0.5) is 5.69 Å². The van der Waals surface area contributed by atoms with E-state index in [1.165, 1.54) is 5.56 Å². The lowest BCUT2D eigenvalue weighted by molar-refractivity contribution is -0.127.